The molecule has 3 aromatic rings. The van der Waals surface area contributed by atoms with E-state index in [4.69, 9.17) is 21.1 Å². The number of aryl methyl sites for hydroxylation is 2. The molecule has 198 valence electrons. The van der Waals surface area contributed by atoms with Crippen LogP contribution < -0.4 is 14.4 Å². The standard InChI is InChI=1S/C28H27ClN2O6S/c1-16-11-17(2)19(4)27(18(16)3)38(34,35)30(14-20-5-10-24-25(12-20)37-15-36-24)23-13-26(32)31(28(23)33)22-8-6-21(29)7-9-22/h5-12,23H,13-15H2,1-4H3. The third-order valence-corrected chi connectivity index (χ3v) is 9.58. The average molecular weight is 555 g/mol. The van der Waals surface area contributed by atoms with Gasteiger partial charge in [-0.1, -0.05) is 23.7 Å². The van der Waals surface area contributed by atoms with E-state index < -0.39 is 27.9 Å². The number of sulfonamides is 1. The van der Waals surface area contributed by atoms with Gasteiger partial charge in [-0.05, 0) is 91.9 Å². The van der Waals surface area contributed by atoms with Crippen LogP contribution in [-0.2, 0) is 26.2 Å². The largest absolute Gasteiger partial charge is 0.454 e. The highest BCUT2D eigenvalue weighted by molar-refractivity contribution is 7.89. The van der Waals surface area contributed by atoms with Gasteiger partial charge in [-0.25, -0.2) is 13.3 Å². The summed E-state index contributed by atoms with van der Waals surface area (Å²) in [5.41, 5.74) is 3.80. The van der Waals surface area contributed by atoms with E-state index in [-0.39, 0.29) is 24.7 Å². The lowest BCUT2D eigenvalue weighted by atomic mass is 10.0. The van der Waals surface area contributed by atoms with Crippen molar-refractivity contribution >= 4 is 39.1 Å². The summed E-state index contributed by atoms with van der Waals surface area (Å²) in [5.74, 6) is -0.0381. The molecule has 1 saturated heterocycles. The van der Waals surface area contributed by atoms with Crippen LogP contribution in [0.25, 0.3) is 0 Å². The van der Waals surface area contributed by atoms with E-state index in [0.29, 0.717) is 38.9 Å². The Morgan fingerprint density at radius 1 is 0.921 bits per heavy atom. The number of imide groups is 1. The van der Waals surface area contributed by atoms with Crippen LogP contribution in [0.2, 0.25) is 5.02 Å². The van der Waals surface area contributed by atoms with E-state index in [1.165, 1.54) is 0 Å². The van der Waals surface area contributed by atoms with Crippen LogP contribution in [0.5, 0.6) is 11.5 Å². The lowest BCUT2D eigenvalue weighted by Crippen LogP contribution is -2.45. The fourth-order valence-electron chi connectivity index (χ4n) is 4.97. The van der Waals surface area contributed by atoms with E-state index in [9.17, 15) is 18.0 Å². The summed E-state index contributed by atoms with van der Waals surface area (Å²) in [6, 6.07) is 12.1. The van der Waals surface area contributed by atoms with Gasteiger partial charge in [0.15, 0.2) is 11.5 Å². The number of carbonyl (C=O) groups is 2. The molecule has 2 aliphatic heterocycles. The molecule has 1 atom stereocenters. The Morgan fingerprint density at radius 3 is 2.21 bits per heavy atom. The van der Waals surface area contributed by atoms with E-state index in [0.717, 1.165) is 20.3 Å². The smallest absolute Gasteiger partial charge is 0.252 e. The maximum absolute atomic E-state index is 14.4. The number of benzene rings is 3. The number of ether oxygens (including phenoxy) is 2. The minimum atomic E-state index is -4.23. The molecule has 8 nitrogen and oxygen atoms in total. The Bertz CT molecular complexity index is 1540. The van der Waals surface area contributed by atoms with Gasteiger partial charge in [-0.3, -0.25) is 9.59 Å². The number of nitrogens with zero attached hydrogens (tertiary/aromatic N) is 2. The maximum atomic E-state index is 14.4. The van der Waals surface area contributed by atoms with Crippen molar-refractivity contribution in [3.8, 4) is 11.5 Å². The second-order valence-corrected chi connectivity index (χ2v) is 11.9. The Morgan fingerprint density at radius 2 is 1.55 bits per heavy atom. The summed E-state index contributed by atoms with van der Waals surface area (Å²) in [5, 5.41) is 0.456. The van der Waals surface area contributed by atoms with Crippen molar-refractivity contribution in [1.29, 1.82) is 0 Å². The highest BCUT2D eigenvalue weighted by atomic mass is 35.5. The molecular weight excluding hydrogens is 528 g/mol. The first-order valence-corrected chi connectivity index (χ1v) is 13.9. The Kier molecular flexibility index (Phi) is 6.71. The van der Waals surface area contributed by atoms with Gasteiger partial charge in [0.05, 0.1) is 17.0 Å². The highest BCUT2D eigenvalue weighted by Crippen LogP contribution is 2.37. The lowest BCUT2D eigenvalue weighted by Gasteiger charge is -2.29. The fourth-order valence-corrected chi connectivity index (χ4v) is 7.24. The van der Waals surface area contributed by atoms with Crippen molar-refractivity contribution in [2.45, 2.75) is 51.6 Å². The van der Waals surface area contributed by atoms with Crippen LogP contribution in [0, 0.1) is 27.7 Å². The normalized spacial score (nSPS) is 17.1. The molecule has 1 unspecified atom stereocenters. The van der Waals surface area contributed by atoms with E-state index in [1.54, 1.807) is 56.3 Å². The quantitative estimate of drug-likeness (QED) is 0.405. The van der Waals surface area contributed by atoms with Crippen LogP contribution >= 0.6 is 11.6 Å². The van der Waals surface area contributed by atoms with E-state index in [2.05, 4.69) is 0 Å². The van der Waals surface area contributed by atoms with Gasteiger partial charge < -0.3 is 9.47 Å². The van der Waals surface area contributed by atoms with Crippen molar-refractivity contribution in [3.05, 3.63) is 81.4 Å². The van der Waals surface area contributed by atoms with Crippen LogP contribution in [0.3, 0.4) is 0 Å². The monoisotopic (exact) mass is 554 g/mol. The summed E-state index contributed by atoms with van der Waals surface area (Å²) >= 11 is 5.99. The van der Waals surface area contributed by atoms with Gasteiger partial charge in [-0.2, -0.15) is 4.31 Å². The van der Waals surface area contributed by atoms with Crippen LogP contribution in [0.4, 0.5) is 5.69 Å². The molecule has 2 aliphatic rings. The third kappa shape index (κ3) is 4.44. The number of halogens is 1. The number of carbonyl (C=O) groups excluding carboxylic acids is 2. The zero-order chi connectivity index (χ0) is 27.4. The molecular formula is C28H27ClN2O6S. The molecule has 2 amide bonds. The van der Waals surface area contributed by atoms with Crippen molar-refractivity contribution in [2.24, 2.45) is 0 Å². The maximum Gasteiger partial charge on any atom is 0.252 e. The van der Waals surface area contributed by atoms with Gasteiger partial charge in [0, 0.05) is 11.6 Å². The van der Waals surface area contributed by atoms with Gasteiger partial charge in [-0.15, -0.1) is 0 Å². The summed E-state index contributed by atoms with van der Waals surface area (Å²) in [6.45, 7) is 7.17. The molecule has 5 rings (SSSR count). The molecule has 38 heavy (non-hydrogen) atoms. The van der Waals surface area contributed by atoms with Gasteiger partial charge in [0.25, 0.3) is 5.91 Å². The zero-order valence-electron chi connectivity index (χ0n) is 21.4. The summed E-state index contributed by atoms with van der Waals surface area (Å²) in [7, 11) is -4.23. The molecule has 0 spiro atoms. The van der Waals surface area contributed by atoms with Gasteiger partial charge in [0.2, 0.25) is 22.7 Å². The Balaban J connectivity index is 1.62. The molecule has 0 radical (unpaired) electrons. The predicted molar refractivity (Wildman–Crippen MR) is 143 cm³/mol. The number of hydrogen-bond acceptors (Lipinski definition) is 6. The van der Waals surface area contributed by atoms with Crippen molar-refractivity contribution in [2.75, 3.05) is 11.7 Å². The first kappa shape index (κ1) is 26.2. The SMILES string of the molecule is Cc1cc(C)c(C)c(S(=O)(=O)N(Cc2ccc3c(c2)OCO3)C2CC(=O)N(c3ccc(Cl)cc3)C2=O)c1C. The van der Waals surface area contributed by atoms with Crippen LogP contribution in [-0.4, -0.2) is 37.4 Å². The molecule has 1 fully saturated rings. The van der Waals surface area contributed by atoms with Crippen molar-refractivity contribution in [3.63, 3.8) is 0 Å². The minimum Gasteiger partial charge on any atom is -0.454 e. The number of anilines is 1. The summed E-state index contributed by atoms with van der Waals surface area (Å²) in [4.78, 5) is 28.0. The third-order valence-electron chi connectivity index (χ3n) is 7.19. The number of rotatable bonds is 6. The number of amides is 2. The topological polar surface area (TPSA) is 93.2 Å². The molecule has 0 aliphatic carbocycles. The molecule has 0 saturated carbocycles. The lowest BCUT2D eigenvalue weighted by molar-refractivity contribution is -0.122. The Hall–Kier alpha value is -3.40. The number of fused-ring (bicyclic) bond motifs is 1. The molecule has 2 heterocycles. The predicted octanol–water partition coefficient (Wildman–Crippen LogP) is 4.83. The highest BCUT2D eigenvalue weighted by Gasteiger charge is 2.47. The second kappa shape index (κ2) is 9.72. The van der Waals surface area contributed by atoms with Crippen molar-refractivity contribution in [1.82, 2.24) is 4.31 Å². The van der Waals surface area contributed by atoms with Gasteiger partial charge >= 0.3 is 0 Å². The summed E-state index contributed by atoms with van der Waals surface area (Å²) < 4.78 is 40.8. The summed E-state index contributed by atoms with van der Waals surface area (Å²) in [6.07, 6.45) is -0.284. The minimum absolute atomic E-state index is 0.0768. The van der Waals surface area contributed by atoms with Crippen LogP contribution in [0.15, 0.2) is 53.4 Å². The van der Waals surface area contributed by atoms with Gasteiger partial charge in [0.1, 0.15) is 6.04 Å². The van der Waals surface area contributed by atoms with E-state index in [1.807, 2.05) is 19.9 Å². The first-order valence-electron chi connectivity index (χ1n) is 12.1. The molecule has 0 bridgehead atoms. The Labute approximate surface area is 226 Å². The zero-order valence-corrected chi connectivity index (χ0v) is 23.0. The van der Waals surface area contributed by atoms with Crippen LogP contribution in [0.1, 0.15) is 34.2 Å². The molecule has 0 N–H and O–H groups in total. The molecule has 3 aromatic carbocycles. The second-order valence-electron chi connectivity index (χ2n) is 9.59. The first-order chi connectivity index (χ1) is 18.0. The van der Waals surface area contributed by atoms with Crippen molar-refractivity contribution < 1.29 is 27.5 Å². The fraction of sp³-hybridized carbons (Fsp3) is 0.286. The molecule has 0 aromatic heterocycles. The van der Waals surface area contributed by atoms with E-state index >= 15 is 0 Å². The number of hydrogen-bond donors (Lipinski definition) is 0. The average Bonchev–Trinajstić information content (AvgIpc) is 3.45. The molecule has 10 heteroatoms.